The van der Waals surface area contributed by atoms with Gasteiger partial charge in [-0.15, -0.1) is 0 Å². The maximum Gasteiger partial charge on any atom is 0.143 e. The van der Waals surface area contributed by atoms with Crippen molar-refractivity contribution in [3.05, 3.63) is 29.6 Å². The highest BCUT2D eigenvalue weighted by molar-refractivity contribution is 5.59. The average molecular weight is 261 g/mol. The second-order valence-corrected chi connectivity index (χ2v) is 5.16. The molecule has 1 aromatic rings. The van der Waals surface area contributed by atoms with Crippen LogP contribution in [0.2, 0.25) is 0 Å². The molecule has 4 nitrogen and oxygen atoms in total. The zero-order valence-corrected chi connectivity index (χ0v) is 10.5. The molecule has 100 valence electrons. The first-order chi connectivity index (χ1) is 9.22. The van der Waals surface area contributed by atoms with Gasteiger partial charge >= 0.3 is 0 Å². The van der Waals surface area contributed by atoms with Crippen LogP contribution in [0.25, 0.3) is 0 Å². The van der Waals surface area contributed by atoms with Gasteiger partial charge in [-0.25, -0.2) is 4.39 Å². The molecular weight excluding hydrogens is 245 g/mol. The maximum absolute atomic E-state index is 13.5. The molecule has 0 aromatic heterocycles. The van der Waals surface area contributed by atoms with Gasteiger partial charge in [0.05, 0.1) is 17.8 Å². The van der Waals surface area contributed by atoms with Crippen molar-refractivity contribution < 1.29 is 9.13 Å². The molecule has 2 fully saturated rings. The zero-order chi connectivity index (χ0) is 13.4. The molecule has 0 bridgehead atoms. The van der Waals surface area contributed by atoms with E-state index in [9.17, 15) is 4.39 Å². The van der Waals surface area contributed by atoms with Crippen LogP contribution in [0.3, 0.4) is 0 Å². The van der Waals surface area contributed by atoms with Crippen LogP contribution in [0.15, 0.2) is 18.2 Å². The number of nitrogens with one attached hydrogen (secondary N) is 1. The summed E-state index contributed by atoms with van der Waals surface area (Å²) in [6.07, 6.45) is 2.21. The number of rotatable bonds is 2. The lowest BCUT2D eigenvalue weighted by Crippen LogP contribution is -2.69. The van der Waals surface area contributed by atoms with E-state index < -0.39 is 5.82 Å². The molecule has 3 N–H and O–H groups in total. The second kappa shape index (κ2) is 4.80. The van der Waals surface area contributed by atoms with Crippen molar-refractivity contribution in [2.45, 2.75) is 31.0 Å². The first kappa shape index (κ1) is 12.4. The van der Waals surface area contributed by atoms with Gasteiger partial charge in [0.1, 0.15) is 17.4 Å². The lowest BCUT2D eigenvalue weighted by molar-refractivity contribution is -0.104. The summed E-state index contributed by atoms with van der Waals surface area (Å²) in [4.78, 5) is 0. The highest BCUT2D eigenvalue weighted by Gasteiger charge is 2.50. The molecule has 1 aliphatic heterocycles. The molecule has 0 amide bonds. The molecule has 3 rings (SSSR count). The Morgan fingerprint density at radius 2 is 2.32 bits per heavy atom. The first-order valence-corrected chi connectivity index (χ1v) is 6.54. The Hall–Kier alpha value is -1.64. The number of nitrogens with zero attached hydrogens (tertiary/aromatic N) is 1. The summed E-state index contributed by atoms with van der Waals surface area (Å²) in [7, 11) is 0. The minimum atomic E-state index is -0.512. The standard InChI is InChI=1S/C14H16FN3O/c15-10-4-1-5-11(9(10)7-16)18-13-12(17)8-3-2-6-19-14(8)13/h1,4-5,8,12-14,18H,2-3,6,17H2. The summed E-state index contributed by atoms with van der Waals surface area (Å²) in [5, 5.41) is 12.2. The van der Waals surface area contributed by atoms with Gasteiger partial charge in [-0.05, 0) is 25.0 Å². The number of benzene rings is 1. The number of anilines is 1. The fourth-order valence-corrected chi connectivity index (χ4v) is 3.06. The lowest BCUT2D eigenvalue weighted by atomic mass is 9.68. The molecule has 1 aliphatic carbocycles. The summed E-state index contributed by atoms with van der Waals surface area (Å²) >= 11 is 0. The van der Waals surface area contributed by atoms with Gasteiger partial charge in [0, 0.05) is 18.6 Å². The molecule has 0 spiro atoms. The smallest absolute Gasteiger partial charge is 0.143 e. The molecule has 1 aromatic carbocycles. The molecule has 2 aliphatic rings. The van der Waals surface area contributed by atoms with Crippen molar-refractivity contribution in [1.82, 2.24) is 0 Å². The van der Waals surface area contributed by atoms with Gasteiger partial charge in [-0.2, -0.15) is 5.26 Å². The van der Waals surface area contributed by atoms with Crippen molar-refractivity contribution in [2.24, 2.45) is 11.7 Å². The van der Waals surface area contributed by atoms with Crippen LogP contribution in [-0.4, -0.2) is 24.8 Å². The van der Waals surface area contributed by atoms with E-state index in [0.717, 1.165) is 19.4 Å². The highest BCUT2D eigenvalue weighted by atomic mass is 19.1. The average Bonchev–Trinajstić information content (AvgIpc) is 2.44. The van der Waals surface area contributed by atoms with Gasteiger partial charge in [0.25, 0.3) is 0 Å². The van der Waals surface area contributed by atoms with Crippen molar-refractivity contribution in [2.75, 3.05) is 11.9 Å². The predicted molar refractivity (Wildman–Crippen MR) is 69.0 cm³/mol. The van der Waals surface area contributed by atoms with E-state index in [1.807, 2.05) is 6.07 Å². The number of ether oxygens (including phenoxy) is 1. The Bertz CT molecular complexity index is 528. The van der Waals surface area contributed by atoms with Crippen molar-refractivity contribution in [3.63, 3.8) is 0 Å². The van der Waals surface area contributed by atoms with E-state index >= 15 is 0 Å². The van der Waals surface area contributed by atoms with Crippen molar-refractivity contribution in [3.8, 4) is 6.07 Å². The number of hydrogen-bond acceptors (Lipinski definition) is 4. The summed E-state index contributed by atoms with van der Waals surface area (Å²) < 4.78 is 19.2. The highest BCUT2D eigenvalue weighted by Crippen LogP contribution is 2.39. The van der Waals surface area contributed by atoms with Crippen LogP contribution in [0.1, 0.15) is 18.4 Å². The van der Waals surface area contributed by atoms with Crippen LogP contribution in [0.5, 0.6) is 0 Å². The van der Waals surface area contributed by atoms with Gasteiger partial charge in [0.15, 0.2) is 0 Å². The maximum atomic E-state index is 13.5. The minimum Gasteiger partial charge on any atom is -0.377 e. The van der Waals surface area contributed by atoms with Crippen LogP contribution in [0.4, 0.5) is 10.1 Å². The third-order valence-corrected chi connectivity index (χ3v) is 4.12. The Labute approximate surface area is 111 Å². The second-order valence-electron chi connectivity index (χ2n) is 5.16. The van der Waals surface area contributed by atoms with Crippen LogP contribution < -0.4 is 11.1 Å². The first-order valence-electron chi connectivity index (χ1n) is 6.54. The van der Waals surface area contributed by atoms with Crippen LogP contribution in [0, 0.1) is 23.1 Å². The van der Waals surface area contributed by atoms with E-state index in [1.165, 1.54) is 6.07 Å². The van der Waals surface area contributed by atoms with Crippen LogP contribution >= 0.6 is 0 Å². The van der Waals surface area contributed by atoms with Crippen molar-refractivity contribution >= 4 is 5.69 Å². The molecule has 1 heterocycles. The summed E-state index contributed by atoms with van der Waals surface area (Å²) in [6, 6.07) is 6.41. The fraction of sp³-hybridized carbons (Fsp3) is 0.500. The molecule has 4 atom stereocenters. The third kappa shape index (κ3) is 1.97. The molecular formula is C14H16FN3O. The largest absolute Gasteiger partial charge is 0.377 e. The number of nitrogens with two attached hydrogens (primary N) is 1. The Balaban J connectivity index is 1.79. The normalized spacial score (nSPS) is 32.9. The Kier molecular flexibility index (Phi) is 3.13. The van der Waals surface area contributed by atoms with E-state index in [0.29, 0.717) is 11.6 Å². The Morgan fingerprint density at radius 3 is 3.11 bits per heavy atom. The van der Waals surface area contributed by atoms with Gasteiger partial charge < -0.3 is 15.8 Å². The molecule has 0 radical (unpaired) electrons. The zero-order valence-electron chi connectivity index (χ0n) is 10.5. The van der Waals surface area contributed by atoms with E-state index in [1.54, 1.807) is 12.1 Å². The van der Waals surface area contributed by atoms with Gasteiger partial charge in [-0.3, -0.25) is 0 Å². The van der Waals surface area contributed by atoms with Crippen molar-refractivity contribution in [1.29, 1.82) is 5.26 Å². The number of nitriles is 1. The topological polar surface area (TPSA) is 71.1 Å². The van der Waals surface area contributed by atoms with E-state index in [2.05, 4.69) is 5.32 Å². The lowest BCUT2D eigenvalue weighted by Gasteiger charge is -2.52. The molecule has 19 heavy (non-hydrogen) atoms. The number of fused-ring (bicyclic) bond motifs is 1. The number of hydrogen-bond donors (Lipinski definition) is 2. The van der Waals surface area contributed by atoms with Gasteiger partial charge in [0.2, 0.25) is 0 Å². The molecule has 1 saturated heterocycles. The SMILES string of the molecule is N#Cc1c(F)cccc1NC1C(N)C2CCCOC21. The number of halogens is 1. The summed E-state index contributed by atoms with van der Waals surface area (Å²) in [5.74, 6) is -0.133. The Morgan fingerprint density at radius 1 is 1.47 bits per heavy atom. The molecule has 5 heteroatoms. The predicted octanol–water partition coefficient (Wildman–Crippen LogP) is 1.61. The van der Waals surface area contributed by atoms with Crippen LogP contribution in [-0.2, 0) is 4.74 Å². The molecule has 4 unspecified atom stereocenters. The third-order valence-electron chi connectivity index (χ3n) is 4.12. The fourth-order valence-electron chi connectivity index (χ4n) is 3.06. The molecule has 1 saturated carbocycles. The monoisotopic (exact) mass is 261 g/mol. The summed E-state index contributed by atoms with van der Waals surface area (Å²) in [6.45, 7) is 0.750. The minimum absolute atomic E-state index is 0.000102. The summed E-state index contributed by atoms with van der Waals surface area (Å²) in [5.41, 5.74) is 6.67. The quantitative estimate of drug-likeness (QED) is 0.848. The van der Waals surface area contributed by atoms with E-state index in [4.69, 9.17) is 15.7 Å². The van der Waals surface area contributed by atoms with E-state index in [-0.39, 0.29) is 23.8 Å². The van der Waals surface area contributed by atoms with Gasteiger partial charge in [-0.1, -0.05) is 6.07 Å².